The van der Waals surface area contributed by atoms with Crippen LogP contribution in [0.2, 0.25) is 0 Å². The van der Waals surface area contributed by atoms with Crippen LogP contribution in [0.3, 0.4) is 0 Å². The van der Waals surface area contributed by atoms with Gasteiger partial charge in [-0.3, -0.25) is 4.79 Å². The average Bonchev–Trinajstić information content (AvgIpc) is 2.29. The zero-order valence-corrected chi connectivity index (χ0v) is 10.7. The summed E-state index contributed by atoms with van der Waals surface area (Å²) in [5.74, 6) is 0.508. The fourth-order valence-corrected chi connectivity index (χ4v) is 2.48. The summed E-state index contributed by atoms with van der Waals surface area (Å²) >= 11 is 0. The van der Waals surface area contributed by atoms with Gasteiger partial charge in [-0.15, -0.1) is 0 Å². The van der Waals surface area contributed by atoms with E-state index in [1.54, 1.807) is 0 Å². The normalized spacial score (nSPS) is 21.6. The maximum absolute atomic E-state index is 11.4. The molecule has 0 radical (unpaired) electrons. The lowest BCUT2D eigenvalue weighted by molar-refractivity contribution is -0.120. The Hall–Kier alpha value is -0.570. The first-order chi connectivity index (χ1) is 7.63. The molecule has 1 fully saturated rings. The Bertz CT molecular complexity index is 212. The molecule has 1 rings (SSSR count). The summed E-state index contributed by atoms with van der Waals surface area (Å²) in [5.41, 5.74) is 5.46. The van der Waals surface area contributed by atoms with E-state index in [0.717, 1.165) is 12.8 Å². The highest BCUT2D eigenvalue weighted by Gasteiger charge is 2.23. The fraction of sp³-hybridized carbons (Fsp3) is 0.923. The number of rotatable bonds is 6. The van der Waals surface area contributed by atoms with E-state index in [0.29, 0.717) is 12.0 Å². The van der Waals surface area contributed by atoms with Crippen LogP contribution < -0.4 is 11.1 Å². The average molecular weight is 226 g/mol. The van der Waals surface area contributed by atoms with Gasteiger partial charge in [0.2, 0.25) is 5.91 Å². The van der Waals surface area contributed by atoms with Gasteiger partial charge in [-0.2, -0.15) is 0 Å². The first-order valence-corrected chi connectivity index (χ1v) is 6.68. The van der Waals surface area contributed by atoms with Gasteiger partial charge in [0.25, 0.3) is 0 Å². The molecule has 2 atom stereocenters. The molecule has 3 heteroatoms. The number of carbonyl (C=O) groups is 1. The molecule has 0 saturated heterocycles. The van der Waals surface area contributed by atoms with Crippen LogP contribution in [-0.4, -0.2) is 18.0 Å². The van der Waals surface area contributed by atoms with Crippen molar-refractivity contribution in [1.29, 1.82) is 0 Å². The monoisotopic (exact) mass is 226 g/mol. The number of hydrogen-bond acceptors (Lipinski definition) is 2. The van der Waals surface area contributed by atoms with Gasteiger partial charge in [-0.1, -0.05) is 39.0 Å². The van der Waals surface area contributed by atoms with Gasteiger partial charge in [0.05, 0.1) is 6.04 Å². The molecule has 0 spiro atoms. The van der Waals surface area contributed by atoms with E-state index < -0.39 is 0 Å². The summed E-state index contributed by atoms with van der Waals surface area (Å²) in [6, 6.07) is 0.249. The molecule has 1 aliphatic carbocycles. The molecule has 0 aromatic heterocycles. The van der Waals surface area contributed by atoms with Crippen LogP contribution in [0, 0.1) is 5.92 Å². The van der Waals surface area contributed by atoms with Gasteiger partial charge in [0.1, 0.15) is 0 Å². The number of carbonyl (C=O) groups excluding carboxylic acids is 1. The van der Waals surface area contributed by atoms with Crippen molar-refractivity contribution in [2.24, 2.45) is 11.7 Å². The van der Waals surface area contributed by atoms with E-state index in [1.807, 2.05) is 0 Å². The zero-order chi connectivity index (χ0) is 12.0. The van der Waals surface area contributed by atoms with E-state index in [1.165, 1.54) is 32.1 Å². The molecule has 0 aromatic rings. The molecule has 94 valence electrons. The highest BCUT2D eigenvalue weighted by molar-refractivity contribution is 5.79. The standard InChI is InChI=1S/C13H26N2O/c1-3-10(2)15-12(13(14)16)9-11-7-5-4-6-8-11/h10-12,15H,3-9H2,1-2H3,(H2,14,16). The second-order valence-electron chi connectivity index (χ2n) is 5.17. The highest BCUT2D eigenvalue weighted by atomic mass is 16.1. The Morgan fingerprint density at radius 1 is 1.38 bits per heavy atom. The number of nitrogens with two attached hydrogens (primary N) is 1. The van der Waals surface area contributed by atoms with Crippen molar-refractivity contribution in [3.05, 3.63) is 0 Å². The predicted molar refractivity (Wildman–Crippen MR) is 67.1 cm³/mol. The van der Waals surface area contributed by atoms with Crippen LogP contribution in [0.1, 0.15) is 58.8 Å². The van der Waals surface area contributed by atoms with Crippen molar-refractivity contribution >= 4 is 5.91 Å². The van der Waals surface area contributed by atoms with Gasteiger partial charge in [-0.05, 0) is 25.7 Å². The van der Waals surface area contributed by atoms with E-state index in [2.05, 4.69) is 19.2 Å². The van der Waals surface area contributed by atoms with Crippen molar-refractivity contribution in [2.75, 3.05) is 0 Å². The lowest BCUT2D eigenvalue weighted by Gasteiger charge is -2.27. The van der Waals surface area contributed by atoms with Gasteiger partial charge in [0.15, 0.2) is 0 Å². The Morgan fingerprint density at radius 3 is 2.50 bits per heavy atom. The summed E-state index contributed by atoms with van der Waals surface area (Å²) in [6.45, 7) is 4.23. The number of primary amides is 1. The van der Waals surface area contributed by atoms with Gasteiger partial charge in [0, 0.05) is 6.04 Å². The van der Waals surface area contributed by atoms with Crippen molar-refractivity contribution in [3.8, 4) is 0 Å². The van der Waals surface area contributed by atoms with Crippen LogP contribution in [0.4, 0.5) is 0 Å². The molecule has 1 aliphatic rings. The molecule has 1 amide bonds. The maximum Gasteiger partial charge on any atom is 0.234 e. The summed E-state index contributed by atoms with van der Waals surface area (Å²) in [6.07, 6.45) is 8.50. The maximum atomic E-state index is 11.4. The van der Waals surface area contributed by atoms with Crippen molar-refractivity contribution < 1.29 is 4.79 Å². The van der Waals surface area contributed by atoms with Gasteiger partial charge >= 0.3 is 0 Å². The lowest BCUT2D eigenvalue weighted by atomic mass is 9.84. The van der Waals surface area contributed by atoms with E-state index >= 15 is 0 Å². The Kier molecular flexibility index (Phi) is 5.81. The van der Waals surface area contributed by atoms with E-state index in [9.17, 15) is 4.79 Å². The van der Waals surface area contributed by atoms with Crippen molar-refractivity contribution in [1.82, 2.24) is 5.32 Å². The third-order valence-electron chi connectivity index (χ3n) is 3.74. The second kappa shape index (κ2) is 6.89. The predicted octanol–water partition coefficient (Wildman–Crippen LogP) is 2.20. The fourth-order valence-electron chi connectivity index (χ4n) is 2.48. The van der Waals surface area contributed by atoms with Gasteiger partial charge < -0.3 is 11.1 Å². The zero-order valence-electron chi connectivity index (χ0n) is 10.7. The third kappa shape index (κ3) is 4.52. The first-order valence-electron chi connectivity index (χ1n) is 6.68. The second-order valence-corrected chi connectivity index (χ2v) is 5.17. The number of hydrogen-bond donors (Lipinski definition) is 2. The van der Waals surface area contributed by atoms with Crippen molar-refractivity contribution in [2.45, 2.75) is 70.9 Å². The summed E-state index contributed by atoms with van der Waals surface area (Å²) in [7, 11) is 0. The molecular weight excluding hydrogens is 200 g/mol. The van der Waals surface area contributed by atoms with Crippen LogP contribution in [-0.2, 0) is 4.79 Å². The van der Waals surface area contributed by atoms with Crippen LogP contribution >= 0.6 is 0 Å². The largest absolute Gasteiger partial charge is 0.368 e. The quantitative estimate of drug-likeness (QED) is 0.729. The summed E-state index contributed by atoms with van der Waals surface area (Å²) in [4.78, 5) is 11.4. The van der Waals surface area contributed by atoms with Crippen LogP contribution in [0.25, 0.3) is 0 Å². The first kappa shape index (κ1) is 13.5. The molecular formula is C13H26N2O. The number of nitrogens with one attached hydrogen (secondary N) is 1. The minimum atomic E-state index is -0.189. The summed E-state index contributed by atoms with van der Waals surface area (Å²) < 4.78 is 0. The Labute approximate surface area is 99.2 Å². The molecule has 3 nitrogen and oxygen atoms in total. The molecule has 0 aromatic carbocycles. The Balaban J connectivity index is 2.40. The molecule has 2 unspecified atom stereocenters. The van der Waals surface area contributed by atoms with Crippen LogP contribution in [0.5, 0.6) is 0 Å². The Morgan fingerprint density at radius 2 is 2.00 bits per heavy atom. The molecule has 0 bridgehead atoms. The van der Waals surface area contributed by atoms with Crippen LogP contribution in [0.15, 0.2) is 0 Å². The smallest absolute Gasteiger partial charge is 0.234 e. The SMILES string of the molecule is CCC(C)NC(CC1CCCCC1)C(N)=O. The summed E-state index contributed by atoms with van der Waals surface area (Å²) in [5, 5.41) is 3.34. The molecule has 1 saturated carbocycles. The molecule has 3 N–H and O–H groups in total. The third-order valence-corrected chi connectivity index (χ3v) is 3.74. The van der Waals surface area contributed by atoms with E-state index in [4.69, 9.17) is 5.73 Å². The topological polar surface area (TPSA) is 55.1 Å². The minimum absolute atomic E-state index is 0.127. The minimum Gasteiger partial charge on any atom is -0.368 e. The molecule has 0 aliphatic heterocycles. The molecule has 0 heterocycles. The highest BCUT2D eigenvalue weighted by Crippen LogP contribution is 2.27. The van der Waals surface area contributed by atoms with Gasteiger partial charge in [-0.25, -0.2) is 0 Å². The van der Waals surface area contributed by atoms with E-state index in [-0.39, 0.29) is 11.9 Å². The molecule has 16 heavy (non-hydrogen) atoms. The number of amides is 1. The lowest BCUT2D eigenvalue weighted by Crippen LogP contribution is -2.46. The van der Waals surface area contributed by atoms with Crippen molar-refractivity contribution in [3.63, 3.8) is 0 Å².